The molecule has 0 radical (unpaired) electrons. The van der Waals surface area contributed by atoms with Crippen LogP contribution in [-0.4, -0.2) is 18.1 Å². The normalized spacial score (nSPS) is 14.0. The van der Waals surface area contributed by atoms with Gasteiger partial charge in [-0.1, -0.05) is 66.2 Å². The average molecular weight is 326 g/mol. The molecule has 116 valence electrons. The number of fused-ring (bicyclic) bond motifs is 1. The van der Waals surface area contributed by atoms with Crippen LogP contribution in [0.5, 0.6) is 0 Å². The molecule has 0 saturated heterocycles. The van der Waals surface area contributed by atoms with E-state index in [9.17, 15) is 9.59 Å². The summed E-state index contributed by atoms with van der Waals surface area (Å²) in [6.45, 7) is 0.585. The molecule has 2 aromatic carbocycles. The Balaban J connectivity index is 1.67. The Kier molecular flexibility index (Phi) is 4.58. The van der Waals surface area contributed by atoms with Gasteiger partial charge in [-0.05, 0) is 18.4 Å². The van der Waals surface area contributed by atoms with Crippen LogP contribution in [-0.2, 0) is 6.42 Å². The molecule has 2 aromatic rings. The number of ketones is 2. The maximum atomic E-state index is 12.5. The van der Waals surface area contributed by atoms with E-state index in [1.807, 2.05) is 18.2 Å². The van der Waals surface area contributed by atoms with Gasteiger partial charge in [-0.2, -0.15) is 0 Å². The number of carbonyl (C=O) groups excluding carboxylic acids is 2. The van der Waals surface area contributed by atoms with Crippen LogP contribution < -0.4 is 5.32 Å². The van der Waals surface area contributed by atoms with Crippen LogP contribution in [0.15, 0.2) is 65.3 Å². The highest BCUT2D eigenvalue weighted by Gasteiger charge is 2.30. The molecule has 1 aliphatic carbocycles. The van der Waals surface area contributed by atoms with Crippen LogP contribution in [0.25, 0.3) is 0 Å². The van der Waals surface area contributed by atoms with Gasteiger partial charge in [0.25, 0.3) is 0 Å². The van der Waals surface area contributed by atoms with E-state index in [4.69, 9.17) is 11.6 Å². The number of allylic oxidation sites excluding steroid dienone is 2. The zero-order valence-electron chi connectivity index (χ0n) is 12.5. The van der Waals surface area contributed by atoms with Crippen LogP contribution >= 0.6 is 11.6 Å². The van der Waals surface area contributed by atoms with Gasteiger partial charge < -0.3 is 5.32 Å². The molecule has 3 rings (SSSR count). The Labute approximate surface area is 140 Å². The summed E-state index contributed by atoms with van der Waals surface area (Å²) in [5.74, 6) is -0.516. The van der Waals surface area contributed by atoms with Crippen molar-refractivity contribution in [2.45, 2.75) is 12.8 Å². The lowest BCUT2D eigenvalue weighted by molar-refractivity contribution is 0.0974. The highest BCUT2D eigenvalue weighted by atomic mass is 35.5. The van der Waals surface area contributed by atoms with Crippen LogP contribution in [0.3, 0.4) is 0 Å². The number of aryl methyl sites for hydroxylation is 1. The minimum atomic E-state index is -0.299. The SMILES string of the molecule is O=C1C(Cl)=C(NCCCc2ccccc2)C(=O)c2ccccc21. The largest absolute Gasteiger partial charge is 0.381 e. The lowest BCUT2D eigenvalue weighted by Gasteiger charge is -2.18. The molecule has 0 unspecified atom stereocenters. The number of rotatable bonds is 5. The Bertz CT molecular complexity index is 781. The topological polar surface area (TPSA) is 46.2 Å². The average Bonchev–Trinajstić information content (AvgIpc) is 2.60. The van der Waals surface area contributed by atoms with Gasteiger partial charge in [-0.15, -0.1) is 0 Å². The summed E-state index contributed by atoms with van der Waals surface area (Å²) < 4.78 is 0. The molecular weight excluding hydrogens is 310 g/mol. The van der Waals surface area contributed by atoms with Crippen molar-refractivity contribution in [3.8, 4) is 0 Å². The summed E-state index contributed by atoms with van der Waals surface area (Å²) in [5.41, 5.74) is 2.24. The first kappa shape index (κ1) is 15.5. The van der Waals surface area contributed by atoms with Gasteiger partial charge in [0.15, 0.2) is 0 Å². The summed E-state index contributed by atoms with van der Waals surface area (Å²) in [7, 11) is 0. The Morgan fingerprint density at radius 2 is 1.43 bits per heavy atom. The lowest BCUT2D eigenvalue weighted by atomic mass is 9.92. The van der Waals surface area contributed by atoms with Crippen LogP contribution in [0.1, 0.15) is 32.7 Å². The monoisotopic (exact) mass is 325 g/mol. The third-order valence-electron chi connectivity index (χ3n) is 3.85. The molecule has 1 aliphatic rings. The first-order valence-electron chi connectivity index (χ1n) is 7.54. The Morgan fingerprint density at radius 3 is 2.13 bits per heavy atom. The predicted molar refractivity (Wildman–Crippen MR) is 90.7 cm³/mol. The van der Waals surface area contributed by atoms with Crippen molar-refractivity contribution in [3.05, 3.63) is 82.0 Å². The van der Waals surface area contributed by atoms with E-state index in [2.05, 4.69) is 17.4 Å². The number of hydrogen-bond acceptors (Lipinski definition) is 3. The molecule has 0 amide bonds. The number of Topliss-reactive ketones (excluding diaryl/α,β-unsaturated/α-hetero) is 2. The van der Waals surface area contributed by atoms with E-state index >= 15 is 0 Å². The molecule has 3 nitrogen and oxygen atoms in total. The third kappa shape index (κ3) is 3.20. The molecule has 0 aliphatic heterocycles. The van der Waals surface area contributed by atoms with Crippen LogP contribution in [0, 0.1) is 0 Å². The van der Waals surface area contributed by atoms with Gasteiger partial charge in [0.1, 0.15) is 10.7 Å². The van der Waals surface area contributed by atoms with E-state index in [0.717, 1.165) is 12.8 Å². The summed E-state index contributed by atoms with van der Waals surface area (Å²) in [6, 6.07) is 16.9. The maximum Gasteiger partial charge on any atom is 0.211 e. The molecule has 0 atom stereocenters. The number of benzene rings is 2. The van der Waals surface area contributed by atoms with Crippen molar-refractivity contribution in [2.75, 3.05) is 6.54 Å². The fraction of sp³-hybridized carbons (Fsp3) is 0.158. The second kappa shape index (κ2) is 6.80. The van der Waals surface area contributed by atoms with Gasteiger partial charge in [0.05, 0.1) is 0 Å². The standard InChI is InChI=1S/C19H16ClNO2/c20-16-17(21-12-6-9-13-7-2-1-3-8-13)19(23)15-11-5-4-10-14(15)18(16)22/h1-5,7-8,10-11,21H,6,9,12H2. The van der Waals surface area contributed by atoms with Gasteiger partial charge in [-0.25, -0.2) is 0 Å². The van der Waals surface area contributed by atoms with Crippen molar-refractivity contribution in [3.63, 3.8) is 0 Å². The summed E-state index contributed by atoms with van der Waals surface area (Å²) in [4.78, 5) is 24.7. The van der Waals surface area contributed by atoms with E-state index in [0.29, 0.717) is 17.7 Å². The Morgan fingerprint density at radius 1 is 0.826 bits per heavy atom. The van der Waals surface area contributed by atoms with Gasteiger partial charge in [-0.3, -0.25) is 9.59 Å². The molecule has 23 heavy (non-hydrogen) atoms. The van der Waals surface area contributed by atoms with Crippen LogP contribution in [0.4, 0.5) is 0 Å². The highest BCUT2D eigenvalue weighted by Crippen LogP contribution is 2.27. The van der Waals surface area contributed by atoms with E-state index < -0.39 is 0 Å². The first-order valence-corrected chi connectivity index (χ1v) is 7.92. The minimum Gasteiger partial charge on any atom is -0.381 e. The fourth-order valence-electron chi connectivity index (χ4n) is 2.65. The second-order valence-corrected chi connectivity index (χ2v) is 5.79. The van der Waals surface area contributed by atoms with Gasteiger partial charge in [0, 0.05) is 17.7 Å². The highest BCUT2D eigenvalue weighted by molar-refractivity contribution is 6.49. The van der Waals surface area contributed by atoms with E-state index in [1.54, 1.807) is 24.3 Å². The summed E-state index contributed by atoms with van der Waals surface area (Å²) in [5, 5.41) is 3.02. The molecule has 0 fully saturated rings. The van der Waals surface area contributed by atoms with E-state index in [-0.39, 0.29) is 22.3 Å². The molecule has 0 saturated carbocycles. The van der Waals surface area contributed by atoms with Gasteiger partial charge in [0.2, 0.25) is 11.6 Å². The minimum absolute atomic E-state index is 0.0200. The van der Waals surface area contributed by atoms with Crippen LogP contribution in [0.2, 0.25) is 0 Å². The molecule has 1 N–H and O–H groups in total. The van der Waals surface area contributed by atoms with Crippen molar-refractivity contribution in [1.29, 1.82) is 0 Å². The second-order valence-electron chi connectivity index (χ2n) is 5.41. The summed E-state index contributed by atoms with van der Waals surface area (Å²) in [6.07, 6.45) is 1.75. The quantitative estimate of drug-likeness (QED) is 0.852. The van der Waals surface area contributed by atoms with Gasteiger partial charge >= 0.3 is 0 Å². The lowest BCUT2D eigenvalue weighted by Crippen LogP contribution is -2.29. The molecular formula is C19H16ClNO2. The van der Waals surface area contributed by atoms with Crippen molar-refractivity contribution >= 4 is 23.2 Å². The number of halogens is 1. The molecule has 0 spiro atoms. The third-order valence-corrected chi connectivity index (χ3v) is 4.21. The predicted octanol–water partition coefficient (Wildman–Crippen LogP) is 3.74. The maximum absolute atomic E-state index is 12.5. The number of nitrogens with one attached hydrogen (secondary N) is 1. The Hall–Kier alpha value is -2.39. The number of hydrogen-bond donors (Lipinski definition) is 1. The van der Waals surface area contributed by atoms with E-state index in [1.165, 1.54) is 5.56 Å². The van der Waals surface area contributed by atoms with Crippen molar-refractivity contribution in [1.82, 2.24) is 5.32 Å². The molecule has 0 bridgehead atoms. The zero-order chi connectivity index (χ0) is 16.2. The fourth-order valence-corrected chi connectivity index (χ4v) is 2.91. The van der Waals surface area contributed by atoms with Crippen molar-refractivity contribution < 1.29 is 9.59 Å². The molecule has 0 aromatic heterocycles. The number of carbonyl (C=O) groups is 2. The zero-order valence-corrected chi connectivity index (χ0v) is 13.3. The molecule has 0 heterocycles. The summed E-state index contributed by atoms with van der Waals surface area (Å²) >= 11 is 6.10. The molecule has 4 heteroatoms. The smallest absolute Gasteiger partial charge is 0.211 e. The first-order chi connectivity index (χ1) is 11.2. The van der Waals surface area contributed by atoms with Crippen molar-refractivity contribution in [2.24, 2.45) is 0 Å².